The summed E-state index contributed by atoms with van der Waals surface area (Å²) in [6, 6.07) is 15.7. The molecule has 0 unspecified atom stereocenters. The second kappa shape index (κ2) is 11.2. The number of halogens is 1. The van der Waals surface area contributed by atoms with Crippen molar-refractivity contribution < 1.29 is 19.1 Å². The Kier molecular flexibility index (Phi) is 8.12. The molecule has 9 heteroatoms. The highest BCUT2D eigenvalue weighted by Crippen LogP contribution is 2.16. The van der Waals surface area contributed by atoms with Crippen LogP contribution in [-0.4, -0.2) is 67.0 Å². The van der Waals surface area contributed by atoms with Crippen LogP contribution in [0.3, 0.4) is 0 Å². The van der Waals surface area contributed by atoms with Gasteiger partial charge in [-0.05, 0) is 36.8 Å². The summed E-state index contributed by atoms with van der Waals surface area (Å²) >= 11 is 5.95. The van der Waals surface area contributed by atoms with Crippen LogP contribution in [0.1, 0.15) is 6.42 Å². The predicted octanol–water partition coefficient (Wildman–Crippen LogP) is 2.60. The number of benzene rings is 2. The maximum absolute atomic E-state index is 12.5. The van der Waals surface area contributed by atoms with Gasteiger partial charge in [-0.2, -0.15) is 0 Å². The molecule has 2 N–H and O–H groups in total. The summed E-state index contributed by atoms with van der Waals surface area (Å²) in [7, 11) is 0. The molecule has 0 aromatic heterocycles. The molecule has 4 amide bonds. The smallest absolute Gasteiger partial charge is 0.321 e. The van der Waals surface area contributed by atoms with Gasteiger partial charge in [0.1, 0.15) is 5.75 Å². The van der Waals surface area contributed by atoms with Gasteiger partial charge in [0, 0.05) is 36.9 Å². The molecule has 2 aromatic rings. The Bertz CT molecular complexity index is 909. The molecule has 1 aliphatic rings. The SMILES string of the molecule is O=C(COc1ccccc1)NCC(=O)N1CCCN(C(=O)Nc2cccc(Cl)c2)CC1. The highest BCUT2D eigenvalue weighted by atomic mass is 35.5. The molecule has 1 aliphatic heterocycles. The summed E-state index contributed by atoms with van der Waals surface area (Å²) in [5.41, 5.74) is 0.620. The first-order valence-electron chi connectivity index (χ1n) is 10.0. The van der Waals surface area contributed by atoms with Gasteiger partial charge in [0.05, 0.1) is 6.54 Å². The number of hydrogen-bond acceptors (Lipinski definition) is 4. The van der Waals surface area contributed by atoms with Gasteiger partial charge in [0.2, 0.25) is 5.91 Å². The molecule has 31 heavy (non-hydrogen) atoms. The average Bonchev–Trinajstić information content (AvgIpc) is 3.03. The Hall–Kier alpha value is -3.26. The lowest BCUT2D eigenvalue weighted by atomic mass is 10.3. The molecule has 1 fully saturated rings. The molecule has 0 atom stereocenters. The highest BCUT2D eigenvalue weighted by molar-refractivity contribution is 6.30. The summed E-state index contributed by atoms with van der Waals surface area (Å²) in [4.78, 5) is 40.2. The average molecular weight is 445 g/mol. The lowest BCUT2D eigenvalue weighted by Gasteiger charge is -2.22. The second-order valence-corrected chi connectivity index (χ2v) is 7.48. The van der Waals surface area contributed by atoms with Crippen molar-refractivity contribution in [1.82, 2.24) is 15.1 Å². The number of urea groups is 1. The van der Waals surface area contributed by atoms with E-state index in [0.29, 0.717) is 49.1 Å². The van der Waals surface area contributed by atoms with Crippen LogP contribution < -0.4 is 15.4 Å². The molecule has 0 aliphatic carbocycles. The fourth-order valence-corrected chi connectivity index (χ4v) is 3.33. The van der Waals surface area contributed by atoms with Crippen molar-refractivity contribution in [3.8, 4) is 5.75 Å². The van der Waals surface area contributed by atoms with Crippen LogP contribution in [0.15, 0.2) is 54.6 Å². The summed E-state index contributed by atoms with van der Waals surface area (Å²) in [6.45, 7) is 1.60. The molecule has 0 saturated carbocycles. The minimum atomic E-state index is -0.366. The van der Waals surface area contributed by atoms with Crippen molar-refractivity contribution in [2.45, 2.75) is 6.42 Å². The van der Waals surface area contributed by atoms with Crippen LogP contribution in [0.2, 0.25) is 5.02 Å². The van der Waals surface area contributed by atoms with E-state index in [0.717, 1.165) is 0 Å². The van der Waals surface area contributed by atoms with E-state index >= 15 is 0 Å². The number of para-hydroxylation sites is 1. The number of carbonyl (C=O) groups excluding carboxylic acids is 3. The summed E-state index contributed by atoms with van der Waals surface area (Å²) in [5.74, 6) is 0.0346. The first-order valence-corrected chi connectivity index (χ1v) is 10.4. The van der Waals surface area contributed by atoms with Gasteiger partial charge in [-0.25, -0.2) is 4.79 Å². The quantitative estimate of drug-likeness (QED) is 0.716. The van der Waals surface area contributed by atoms with E-state index in [9.17, 15) is 14.4 Å². The molecule has 2 aromatic carbocycles. The van der Waals surface area contributed by atoms with Gasteiger partial charge in [-0.3, -0.25) is 9.59 Å². The van der Waals surface area contributed by atoms with Crippen LogP contribution in [0, 0.1) is 0 Å². The van der Waals surface area contributed by atoms with Crippen LogP contribution in [-0.2, 0) is 9.59 Å². The van der Waals surface area contributed by atoms with Crippen molar-refractivity contribution in [2.75, 3.05) is 44.6 Å². The Morgan fingerprint density at radius 3 is 2.45 bits per heavy atom. The molecule has 1 heterocycles. The Balaban J connectivity index is 1.40. The molecule has 164 valence electrons. The second-order valence-electron chi connectivity index (χ2n) is 7.04. The Labute approximate surface area is 186 Å². The molecule has 0 bridgehead atoms. The fraction of sp³-hybridized carbons (Fsp3) is 0.318. The van der Waals surface area contributed by atoms with Crippen molar-refractivity contribution in [3.05, 3.63) is 59.6 Å². The van der Waals surface area contributed by atoms with Gasteiger partial charge in [0.15, 0.2) is 6.61 Å². The van der Waals surface area contributed by atoms with Crippen LogP contribution in [0.4, 0.5) is 10.5 Å². The predicted molar refractivity (Wildman–Crippen MR) is 118 cm³/mol. The van der Waals surface area contributed by atoms with E-state index in [1.54, 1.807) is 46.2 Å². The first-order chi connectivity index (χ1) is 15.0. The van der Waals surface area contributed by atoms with Gasteiger partial charge < -0.3 is 25.2 Å². The lowest BCUT2D eigenvalue weighted by Crippen LogP contribution is -2.43. The molecule has 8 nitrogen and oxygen atoms in total. The third kappa shape index (κ3) is 7.18. The summed E-state index contributed by atoms with van der Waals surface area (Å²) in [6.07, 6.45) is 0.653. The molecular formula is C22H25ClN4O4. The van der Waals surface area contributed by atoms with E-state index < -0.39 is 0 Å². The van der Waals surface area contributed by atoms with Gasteiger partial charge in [-0.1, -0.05) is 35.9 Å². The zero-order valence-corrected chi connectivity index (χ0v) is 17.8. The van der Waals surface area contributed by atoms with Gasteiger partial charge in [-0.15, -0.1) is 0 Å². The number of carbonyl (C=O) groups is 3. The summed E-state index contributed by atoms with van der Waals surface area (Å²) in [5, 5.41) is 5.95. The van der Waals surface area contributed by atoms with Crippen molar-refractivity contribution in [2.24, 2.45) is 0 Å². The van der Waals surface area contributed by atoms with E-state index in [4.69, 9.17) is 16.3 Å². The maximum atomic E-state index is 12.5. The number of nitrogens with zero attached hydrogens (tertiary/aromatic N) is 2. The third-order valence-corrected chi connectivity index (χ3v) is 5.00. The number of hydrogen-bond donors (Lipinski definition) is 2. The zero-order chi connectivity index (χ0) is 22.1. The van der Waals surface area contributed by atoms with E-state index in [2.05, 4.69) is 10.6 Å². The maximum Gasteiger partial charge on any atom is 0.321 e. The minimum Gasteiger partial charge on any atom is -0.484 e. The first kappa shape index (κ1) is 22.4. The molecule has 0 radical (unpaired) electrons. The number of nitrogens with one attached hydrogen (secondary N) is 2. The molecule has 3 rings (SSSR count). The normalized spacial score (nSPS) is 13.8. The van der Waals surface area contributed by atoms with Crippen molar-refractivity contribution >= 4 is 35.1 Å². The van der Waals surface area contributed by atoms with Crippen molar-refractivity contribution in [3.63, 3.8) is 0 Å². The lowest BCUT2D eigenvalue weighted by molar-refractivity contribution is -0.133. The monoisotopic (exact) mass is 444 g/mol. The summed E-state index contributed by atoms with van der Waals surface area (Å²) < 4.78 is 5.37. The largest absolute Gasteiger partial charge is 0.484 e. The Morgan fingerprint density at radius 1 is 0.935 bits per heavy atom. The number of amides is 4. The third-order valence-electron chi connectivity index (χ3n) is 4.76. The van der Waals surface area contributed by atoms with E-state index in [1.165, 1.54) is 0 Å². The number of rotatable bonds is 6. The number of ether oxygens (including phenoxy) is 1. The van der Waals surface area contributed by atoms with Crippen LogP contribution in [0.25, 0.3) is 0 Å². The van der Waals surface area contributed by atoms with Crippen LogP contribution in [0.5, 0.6) is 5.75 Å². The number of anilines is 1. The zero-order valence-electron chi connectivity index (χ0n) is 17.1. The molecule has 1 saturated heterocycles. The molecular weight excluding hydrogens is 420 g/mol. The van der Waals surface area contributed by atoms with Crippen LogP contribution >= 0.6 is 11.6 Å². The van der Waals surface area contributed by atoms with Gasteiger partial charge >= 0.3 is 6.03 Å². The molecule has 0 spiro atoms. The topological polar surface area (TPSA) is 91.0 Å². The standard InChI is InChI=1S/C22H25ClN4O4/c23-17-6-4-7-18(14-17)25-22(30)27-11-5-10-26(12-13-27)21(29)15-24-20(28)16-31-19-8-2-1-3-9-19/h1-4,6-9,14H,5,10-13,15-16H2,(H,24,28)(H,25,30). The van der Waals surface area contributed by atoms with Gasteiger partial charge in [0.25, 0.3) is 5.91 Å². The Morgan fingerprint density at radius 2 is 1.68 bits per heavy atom. The van der Waals surface area contributed by atoms with E-state index in [-0.39, 0.29) is 31.0 Å². The highest BCUT2D eigenvalue weighted by Gasteiger charge is 2.22. The van der Waals surface area contributed by atoms with Crippen molar-refractivity contribution in [1.29, 1.82) is 0 Å². The fourth-order valence-electron chi connectivity index (χ4n) is 3.14. The minimum absolute atomic E-state index is 0.105. The van der Waals surface area contributed by atoms with E-state index in [1.807, 2.05) is 18.2 Å².